The van der Waals surface area contributed by atoms with Gasteiger partial charge in [0.1, 0.15) is 5.82 Å². The minimum atomic E-state index is -0.675. The first-order valence-corrected chi connectivity index (χ1v) is 5.43. The van der Waals surface area contributed by atoms with Gasteiger partial charge in [-0.2, -0.15) is 0 Å². The molecule has 0 saturated heterocycles. The zero-order valence-electron chi connectivity index (χ0n) is 8.71. The molecule has 0 spiro atoms. The lowest BCUT2D eigenvalue weighted by molar-refractivity contribution is -0.385. The van der Waals surface area contributed by atoms with Crippen LogP contribution >= 0.6 is 23.2 Å². The zero-order valence-corrected chi connectivity index (χ0v) is 10.2. The van der Waals surface area contributed by atoms with E-state index in [4.69, 9.17) is 23.2 Å². The lowest BCUT2D eigenvalue weighted by Crippen LogP contribution is -2.08. The van der Waals surface area contributed by atoms with Crippen molar-refractivity contribution in [2.75, 3.05) is 0 Å². The Bertz CT molecular complexity index is 424. The van der Waals surface area contributed by atoms with E-state index < -0.39 is 10.7 Å². The number of benzene rings is 1. The molecule has 0 aliphatic heterocycles. The number of rotatable bonds is 3. The molecule has 2 atom stereocenters. The third-order valence-corrected chi connectivity index (χ3v) is 3.11. The van der Waals surface area contributed by atoms with Crippen molar-refractivity contribution in [3.8, 4) is 0 Å². The standard InChI is InChI=1S/C10H10Cl2FNO2/c1-5(6(2)11)7-3-9(13)8(12)4-10(7)14(15)16/h3-6H,1-2H3. The van der Waals surface area contributed by atoms with Crippen LogP contribution in [0.25, 0.3) is 0 Å². The van der Waals surface area contributed by atoms with E-state index in [9.17, 15) is 14.5 Å². The smallest absolute Gasteiger partial charge is 0.258 e. The molecule has 0 N–H and O–H groups in total. The first kappa shape index (κ1) is 13.2. The Kier molecular flexibility index (Phi) is 4.10. The molecule has 0 saturated carbocycles. The molecule has 0 aliphatic rings. The molecule has 0 fully saturated rings. The molecule has 0 aromatic heterocycles. The summed E-state index contributed by atoms with van der Waals surface area (Å²) >= 11 is 11.4. The van der Waals surface area contributed by atoms with Crippen molar-refractivity contribution in [1.29, 1.82) is 0 Å². The van der Waals surface area contributed by atoms with Crippen molar-refractivity contribution >= 4 is 28.9 Å². The average molecular weight is 266 g/mol. The summed E-state index contributed by atoms with van der Waals surface area (Å²) in [4.78, 5) is 10.2. The van der Waals surface area contributed by atoms with Gasteiger partial charge in [-0.25, -0.2) is 4.39 Å². The zero-order chi connectivity index (χ0) is 12.5. The first-order valence-electron chi connectivity index (χ1n) is 4.62. The Morgan fingerprint density at radius 1 is 1.44 bits per heavy atom. The average Bonchev–Trinajstić information content (AvgIpc) is 2.19. The van der Waals surface area contributed by atoms with Gasteiger partial charge in [0.2, 0.25) is 0 Å². The minimum Gasteiger partial charge on any atom is -0.258 e. The van der Waals surface area contributed by atoms with Gasteiger partial charge in [-0.1, -0.05) is 18.5 Å². The first-order chi connectivity index (χ1) is 7.34. The van der Waals surface area contributed by atoms with Crippen LogP contribution in [0.5, 0.6) is 0 Å². The maximum Gasteiger partial charge on any atom is 0.274 e. The highest BCUT2D eigenvalue weighted by molar-refractivity contribution is 6.31. The maximum atomic E-state index is 13.2. The number of hydrogen-bond acceptors (Lipinski definition) is 2. The van der Waals surface area contributed by atoms with E-state index in [1.165, 1.54) is 0 Å². The van der Waals surface area contributed by atoms with Crippen LogP contribution < -0.4 is 0 Å². The molecule has 0 aliphatic carbocycles. The van der Waals surface area contributed by atoms with Crippen LogP contribution in [0.1, 0.15) is 25.3 Å². The van der Waals surface area contributed by atoms with Crippen molar-refractivity contribution < 1.29 is 9.31 Å². The molecule has 0 radical (unpaired) electrons. The van der Waals surface area contributed by atoms with E-state index in [2.05, 4.69) is 0 Å². The number of alkyl halides is 1. The maximum absolute atomic E-state index is 13.2. The molecule has 2 unspecified atom stereocenters. The molecule has 0 heterocycles. The monoisotopic (exact) mass is 265 g/mol. The predicted molar refractivity (Wildman–Crippen MR) is 61.8 cm³/mol. The highest BCUT2D eigenvalue weighted by Gasteiger charge is 2.24. The summed E-state index contributed by atoms with van der Waals surface area (Å²) in [5, 5.41) is 10.2. The van der Waals surface area contributed by atoms with Crippen LogP contribution in [0, 0.1) is 15.9 Å². The van der Waals surface area contributed by atoms with E-state index in [0.29, 0.717) is 0 Å². The summed E-state index contributed by atoms with van der Waals surface area (Å²) in [5.74, 6) is -1.000. The van der Waals surface area contributed by atoms with Gasteiger partial charge in [-0.15, -0.1) is 11.6 Å². The van der Waals surface area contributed by atoms with E-state index in [0.717, 1.165) is 12.1 Å². The van der Waals surface area contributed by atoms with Crippen molar-refractivity contribution in [1.82, 2.24) is 0 Å². The van der Waals surface area contributed by atoms with Gasteiger partial charge < -0.3 is 0 Å². The van der Waals surface area contributed by atoms with E-state index in [1.807, 2.05) is 0 Å². The Balaban J connectivity index is 3.36. The van der Waals surface area contributed by atoms with Gasteiger partial charge in [0.25, 0.3) is 5.69 Å². The van der Waals surface area contributed by atoms with Crippen LogP contribution in [0.2, 0.25) is 5.02 Å². The van der Waals surface area contributed by atoms with Gasteiger partial charge in [0.05, 0.1) is 9.95 Å². The van der Waals surface area contributed by atoms with Crippen LogP contribution in [-0.2, 0) is 0 Å². The van der Waals surface area contributed by atoms with Gasteiger partial charge >= 0.3 is 0 Å². The molecule has 6 heteroatoms. The lowest BCUT2D eigenvalue weighted by Gasteiger charge is -2.14. The summed E-state index contributed by atoms with van der Waals surface area (Å²) < 4.78 is 13.2. The molecule has 3 nitrogen and oxygen atoms in total. The van der Waals surface area contributed by atoms with Gasteiger partial charge in [0, 0.05) is 22.9 Å². The second kappa shape index (κ2) is 4.97. The van der Waals surface area contributed by atoms with Crippen LogP contribution in [0.4, 0.5) is 10.1 Å². The van der Waals surface area contributed by atoms with E-state index >= 15 is 0 Å². The molecular formula is C10H10Cl2FNO2. The molecule has 1 aromatic carbocycles. The quantitative estimate of drug-likeness (QED) is 0.469. The number of halogens is 3. The van der Waals surface area contributed by atoms with E-state index in [-0.39, 0.29) is 27.6 Å². The molecule has 1 aromatic rings. The molecule has 0 amide bonds. The fourth-order valence-electron chi connectivity index (χ4n) is 1.32. The third-order valence-electron chi connectivity index (χ3n) is 2.45. The molecule has 88 valence electrons. The fraction of sp³-hybridized carbons (Fsp3) is 0.400. The van der Waals surface area contributed by atoms with Crippen LogP contribution in [0.3, 0.4) is 0 Å². The van der Waals surface area contributed by atoms with Gasteiger partial charge in [-0.05, 0) is 13.0 Å². The predicted octanol–water partition coefficient (Wildman–Crippen LogP) is 4.12. The van der Waals surface area contributed by atoms with Crippen molar-refractivity contribution in [2.45, 2.75) is 25.1 Å². The van der Waals surface area contributed by atoms with E-state index in [1.54, 1.807) is 13.8 Å². The topological polar surface area (TPSA) is 43.1 Å². The highest BCUT2D eigenvalue weighted by atomic mass is 35.5. The number of nitro groups is 1. The largest absolute Gasteiger partial charge is 0.274 e. The Morgan fingerprint density at radius 3 is 2.44 bits per heavy atom. The number of nitro benzene ring substituents is 1. The molecule has 16 heavy (non-hydrogen) atoms. The summed E-state index contributed by atoms with van der Waals surface area (Å²) in [6.07, 6.45) is 0. The number of hydrogen-bond donors (Lipinski definition) is 0. The lowest BCUT2D eigenvalue weighted by atomic mass is 9.96. The van der Waals surface area contributed by atoms with Crippen molar-refractivity contribution in [3.63, 3.8) is 0 Å². The van der Waals surface area contributed by atoms with Crippen molar-refractivity contribution in [2.24, 2.45) is 0 Å². The van der Waals surface area contributed by atoms with Crippen molar-refractivity contribution in [3.05, 3.63) is 38.7 Å². The normalized spacial score (nSPS) is 14.6. The van der Waals surface area contributed by atoms with Gasteiger partial charge in [-0.3, -0.25) is 10.1 Å². The van der Waals surface area contributed by atoms with Gasteiger partial charge in [0.15, 0.2) is 0 Å². The Labute approximate surface area is 102 Å². The summed E-state index contributed by atoms with van der Waals surface area (Å²) in [6.45, 7) is 3.40. The molecular weight excluding hydrogens is 256 g/mol. The summed E-state index contributed by atoms with van der Waals surface area (Å²) in [6, 6.07) is 2.09. The SMILES string of the molecule is CC(Cl)C(C)c1cc(F)c(Cl)cc1[N+](=O)[O-]. The minimum absolute atomic E-state index is 0.202. The Morgan fingerprint density at radius 2 is 2.00 bits per heavy atom. The number of nitrogens with zero attached hydrogens (tertiary/aromatic N) is 1. The third kappa shape index (κ3) is 2.62. The summed E-state index contributed by atoms with van der Waals surface area (Å²) in [5.41, 5.74) is 0.0563. The summed E-state index contributed by atoms with van der Waals surface area (Å²) in [7, 11) is 0. The fourth-order valence-corrected chi connectivity index (χ4v) is 1.62. The highest BCUT2D eigenvalue weighted by Crippen LogP contribution is 2.34. The second-order valence-electron chi connectivity index (χ2n) is 3.55. The molecule has 1 rings (SSSR count). The van der Waals surface area contributed by atoms with Crippen LogP contribution in [-0.4, -0.2) is 10.3 Å². The molecule has 0 bridgehead atoms. The Hall–Kier alpha value is -0.870. The van der Waals surface area contributed by atoms with Crippen LogP contribution in [0.15, 0.2) is 12.1 Å². The second-order valence-corrected chi connectivity index (χ2v) is 4.64.